The van der Waals surface area contributed by atoms with Crippen LogP contribution in [0.4, 0.5) is 0 Å². The van der Waals surface area contributed by atoms with E-state index in [1.807, 2.05) is 6.92 Å². The fourth-order valence-corrected chi connectivity index (χ4v) is 3.61. The summed E-state index contributed by atoms with van der Waals surface area (Å²) < 4.78 is 7.60. The molecule has 0 aliphatic carbocycles. The number of pyridine rings is 1. The summed E-state index contributed by atoms with van der Waals surface area (Å²) in [5.41, 5.74) is 13.6. The van der Waals surface area contributed by atoms with E-state index in [2.05, 4.69) is 50.6 Å². The van der Waals surface area contributed by atoms with Gasteiger partial charge < -0.3 is 15.0 Å². The molecule has 0 spiro atoms. The Balaban J connectivity index is 2.17. The molecule has 150 valence electrons. The van der Waals surface area contributed by atoms with Crippen LogP contribution in [0.1, 0.15) is 61.8 Å². The van der Waals surface area contributed by atoms with Gasteiger partial charge in [0.2, 0.25) is 0 Å². The Bertz CT molecular complexity index is 977. The maximum Gasteiger partial charge on any atom is 0.159 e. The molecule has 1 unspecified atom stereocenters. The first kappa shape index (κ1) is 20.4. The lowest BCUT2D eigenvalue weighted by Crippen LogP contribution is -2.14. The van der Waals surface area contributed by atoms with E-state index in [0.29, 0.717) is 19.1 Å². The van der Waals surface area contributed by atoms with Gasteiger partial charge in [0.25, 0.3) is 0 Å². The summed E-state index contributed by atoms with van der Waals surface area (Å²) >= 11 is 0. The van der Waals surface area contributed by atoms with Crippen LogP contribution in [0.25, 0.3) is 22.4 Å². The minimum atomic E-state index is 0.243. The molecule has 3 aromatic heterocycles. The summed E-state index contributed by atoms with van der Waals surface area (Å²) in [5, 5.41) is 0. The zero-order chi connectivity index (χ0) is 20.4. The van der Waals surface area contributed by atoms with E-state index in [1.54, 1.807) is 7.11 Å². The first-order valence-corrected chi connectivity index (χ1v) is 9.96. The van der Waals surface area contributed by atoms with Gasteiger partial charge in [-0.3, -0.25) is 4.98 Å². The average molecular weight is 382 g/mol. The fraction of sp³-hybridized carbons (Fsp3) is 0.500. The van der Waals surface area contributed by atoms with Crippen molar-refractivity contribution >= 4 is 11.2 Å². The first-order valence-electron chi connectivity index (χ1n) is 9.96. The van der Waals surface area contributed by atoms with Gasteiger partial charge in [0, 0.05) is 31.1 Å². The lowest BCUT2D eigenvalue weighted by atomic mass is 10.0. The Kier molecular flexibility index (Phi) is 6.10. The lowest BCUT2D eigenvalue weighted by Gasteiger charge is -2.17. The van der Waals surface area contributed by atoms with Gasteiger partial charge in [0.15, 0.2) is 5.65 Å². The standard InChI is InChI=1S/C22H31N5O/c1-7-16(12-28-6)27-11-14(4)20-22(27)24-15(5)21(26-20)17-8-9-18(13(2)3)25-19(17)10-23/h8-9,11,13,16H,7,10,12,23H2,1-6H3. The number of hydrogen-bond donors (Lipinski definition) is 1. The Morgan fingerprint density at radius 1 is 1.14 bits per heavy atom. The molecule has 0 bridgehead atoms. The normalized spacial score (nSPS) is 12.9. The zero-order valence-corrected chi connectivity index (χ0v) is 17.8. The van der Waals surface area contributed by atoms with E-state index in [4.69, 9.17) is 25.4 Å². The molecular formula is C22H31N5O. The third-order valence-corrected chi connectivity index (χ3v) is 5.26. The van der Waals surface area contributed by atoms with Crippen molar-refractivity contribution in [3.8, 4) is 11.3 Å². The molecule has 0 amide bonds. The van der Waals surface area contributed by atoms with Crippen LogP contribution in [0, 0.1) is 13.8 Å². The molecule has 0 saturated carbocycles. The molecule has 3 rings (SSSR count). The van der Waals surface area contributed by atoms with Gasteiger partial charge in [0.1, 0.15) is 5.52 Å². The monoisotopic (exact) mass is 381 g/mol. The van der Waals surface area contributed by atoms with Crippen molar-refractivity contribution in [2.24, 2.45) is 5.73 Å². The maximum absolute atomic E-state index is 6.02. The average Bonchev–Trinajstić information content (AvgIpc) is 3.00. The third-order valence-electron chi connectivity index (χ3n) is 5.26. The number of aryl methyl sites for hydroxylation is 2. The fourth-order valence-electron chi connectivity index (χ4n) is 3.61. The van der Waals surface area contributed by atoms with Crippen molar-refractivity contribution in [1.82, 2.24) is 19.5 Å². The number of rotatable bonds is 7. The number of fused-ring (bicyclic) bond motifs is 1. The maximum atomic E-state index is 6.02. The molecule has 0 fully saturated rings. The second-order valence-corrected chi connectivity index (χ2v) is 7.66. The minimum Gasteiger partial charge on any atom is -0.383 e. The Morgan fingerprint density at radius 3 is 2.50 bits per heavy atom. The molecule has 0 saturated heterocycles. The van der Waals surface area contributed by atoms with Gasteiger partial charge in [-0.15, -0.1) is 0 Å². The van der Waals surface area contributed by atoms with Crippen molar-refractivity contribution in [2.45, 2.75) is 59.5 Å². The van der Waals surface area contributed by atoms with Crippen LogP contribution in [-0.2, 0) is 11.3 Å². The van der Waals surface area contributed by atoms with Crippen LogP contribution in [0.2, 0.25) is 0 Å². The van der Waals surface area contributed by atoms with Gasteiger partial charge >= 0.3 is 0 Å². The predicted molar refractivity (Wildman–Crippen MR) is 113 cm³/mol. The molecule has 3 aromatic rings. The minimum absolute atomic E-state index is 0.243. The van der Waals surface area contributed by atoms with E-state index in [9.17, 15) is 0 Å². The Labute approximate surface area is 167 Å². The van der Waals surface area contributed by atoms with Gasteiger partial charge in [0.05, 0.1) is 29.7 Å². The van der Waals surface area contributed by atoms with E-state index in [0.717, 1.165) is 51.5 Å². The van der Waals surface area contributed by atoms with Crippen LogP contribution in [0.5, 0.6) is 0 Å². The van der Waals surface area contributed by atoms with Crippen molar-refractivity contribution < 1.29 is 4.74 Å². The van der Waals surface area contributed by atoms with Gasteiger partial charge in [-0.1, -0.05) is 20.8 Å². The molecule has 3 heterocycles. The van der Waals surface area contributed by atoms with Crippen LogP contribution in [0.3, 0.4) is 0 Å². The number of aromatic nitrogens is 4. The smallest absolute Gasteiger partial charge is 0.159 e. The van der Waals surface area contributed by atoms with Crippen LogP contribution >= 0.6 is 0 Å². The molecule has 2 N–H and O–H groups in total. The molecule has 0 aromatic carbocycles. The second kappa shape index (κ2) is 8.37. The molecule has 0 aliphatic rings. The third kappa shape index (κ3) is 3.66. The molecule has 6 heteroatoms. The van der Waals surface area contributed by atoms with E-state index in [-0.39, 0.29) is 6.04 Å². The van der Waals surface area contributed by atoms with Gasteiger partial charge in [-0.2, -0.15) is 0 Å². The van der Waals surface area contributed by atoms with Crippen molar-refractivity contribution in [2.75, 3.05) is 13.7 Å². The summed E-state index contributed by atoms with van der Waals surface area (Å²) in [5.74, 6) is 0.358. The summed E-state index contributed by atoms with van der Waals surface area (Å²) in [6.45, 7) is 11.5. The van der Waals surface area contributed by atoms with Crippen molar-refractivity contribution in [3.63, 3.8) is 0 Å². The summed E-state index contributed by atoms with van der Waals surface area (Å²) in [7, 11) is 1.73. The van der Waals surface area contributed by atoms with Gasteiger partial charge in [-0.05, 0) is 43.9 Å². The quantitative estimate of drug-likeness (QED) is 0.660. The predicted octanol–water partition coefficient (Wildman–Crippen LogP) is 4.29. The van der Waals surface area contributed by atoms with E-state index in [1.165, 1.54) is 0 Å². The number of nitrogens with two attached hydrogens (primary N) is 1. The molecule has 28 heavy (non-hydrogen) atoms. The number of nitrogens with zero attached hydrogens (tertiary/aromatic N) is 4. The Morgan fingerprint density at radius 2 is 1.89 bits per heavy atom. The highest BCUT2D eigenvalue weighted by atomic mass is 16.5. The SMILES string of the molecule is CCC(COC)n1cc(C)c2nc(-c3ccc(C(C)C)nc3CN)c(C)nc21. The topological polar surface area (TPSA) is 78.8 Å². The first-order chi connectivity index (χ1) is 13.4. The molecular weight excluding hydrogens is 350 g/mol. The zero-order valence-electron chi connectivity index (χ0n) is 17.8. The lowest BCUT2D eigenvalue weighted by molar-refractivity contribution is 0.154. The van der Waals surface area contributed by atoms with E-state index >= 15 is 0 Å². The number of hydrogen-bond acceptors (Lipinski definition) is 5. The summed E-state index contributed by atoms with van der Waals surface area (Å²) in [6, 6.07) is 4.39. The van der Waals surface area contributed by atoms with Crippen molar-refractivity contribution in [1.29, 1.82) is 0 Å². The summed E-state index contributed by atoms with van der Waals surface area (Å²) in [4.78, 5) is 14.7. The van der Waals surface area contributed by atoms with Crippen molar-refractivity contribution in [3.05, 3.63) is 41.0 Å². The number of methoxy groups -OCH3 is 1. The van der Waals surface area contributed by atoms with Crippen LogP contribution < -0.4 is 5.73 Å². The van der Waals surface area contributed by atoms with Crippen LogP contribution in [0.15, 0.2) is 18.3 Å². The second-order valence-electron chi connectivity index (χ2n) is 7.66. The summed E-state index contributed by atoms with van der Waals surface area (Å²) in [6.07, 6.45) is 3.10. The Hall–Kier alpha value is -2.31. The molecule has 0 aliphatic heterocycles. The van der Waals surface area contributed by atoms with Gasteiger partial charge in [-0.25, -0.2) is 9.97 Å². The molecule has 1 atom stereocenters. The molecule has 6 nitrogen and oxygen atoms in total. The molecule has 0 radical (unpaired) electrons. The highest BCUT2D eigenvalue weighted by Crippen LogP contribution is 2.30. The highest BCUT2D eigenvalue weighted by Gasteiger charge is 2.19. The van der Waals surface area contributed by atoms with Crippen LogP contribution in [-0.4, -0.2) is 33.2 Å². The largest absolute Gasteiger partial charge is 0.383 e. The highest BCUT2D eigenvalue weighted by molar-refractivity contribution is 5.80. The number of ether oxygens (including phenoxy) is 1. The van der Waals surface area contributed by atoms with E-state index < -0.39 is 0 Å².